The molecule has 2 atom stereocenters. The maximum absolute atomic E-state index is 14.0. The topological polar surface area (TPSA) is 102 Å². The second-order valence-electron chi connectivity index (χ2n) is 8.29. The van der Waals surface area contributed by atoms with Gasteiger partial charge in [-0.05, 0) is 37.0 Å². The molecule has 176 valence electrons. The van der Waals surface area contributed by atoms with Crippen molar-refractivity contribution >= 4 is 5.97 Å². The van der Waals surface area contributed by atoms with E-state index in [0.717, 1.165) is 25.0 Å². The Bertz CT molecular complexity index is 1110. The molecule has 2 aliphatic heterocycles. The number of aryl methyl sites for hydroxylation is 1. The average Bonchev–Trinajstić information content (AvgIpc) is 3.34. The highest BCUT2D eigenvalue weighted by Gasteiger charge is 2.38. The van der Waals surface area contributed by atoms with Crippen LogP contribution >= 0.6 is 0 Å². The smallest absolute Gasteiger partial charge is 0.340 e. The number of pyridine rings is 1. The molecular weight excluding hydrogens is 424 g/mol. The zero-order chi connectivity index (χ0) is 23.5. The highest BCUT2D eigenvalue weighted by Crippen LogP contribution is 2.41. The number of hydrogen-bond acceptors (Lipinski definition) is 7. The van der Waals surface area contributed by atoms with E-state index in [1.165, 1.54) is 7.11 Å². The second-order valence-corrected chi connectivity index (χ2v) is 8.29. The summed E-state index contributed by atoms with van der Waals surface area (Å²) in [6.45, 7) is 3.23. The van der Waals surface area contributed by atoms with E-state index in [4.69, 9.17) is 24.7 Å². The minimum absolute atomic E-state index is 0.0130. The van der Waals surface area contributed by atoms with Gasteiger partial charge in [0.05, 0.1) is 38.3 Å². The Hall–Kier alpha value is -3.26. The van der Waals surface area contributed by atoms with Gasteiger partial charge in [-0.1, -0.05) is 25.5 Å². The molecular formula is C25H30N2O6. The number of nitrogens with zero attached hydrogens (tertiary/aromatic N) is 1. The molecule has 1 aromatic carbocycles. The fraction of sp³-hybridized carbons (Fsp3) is 0.440. The van der Waals surface area contributed by atoms with E-state index in [-0.39, 0.29) is 23.1 Å². The van der Waals surface area contributed by atoms with Gasteiger partial charge < -0.3 is 29.2 Å². The van der Waals surface area contributed by atoms with Gasteiger partial charge in [0.15, 0.2) is 0 Å². The SMILES string of the molecule is CCCc1cc2c(c(=O)n1CC1CCCO1)C(c1ccc(OC)cc1)C(C(=O)OC)=C(N)O2. The van der Waals surface area contributed by atoms with E-state index < -0.39 is 11.9 Å². The fourth-order valence-electron chi connectivity index (χ4n) is 4.61. The number of esters is 1. The molecule has 8 heteroatoms. The van der Waals surface area contributed by atoms with Crippen molar-refractivity contribution in [2.75, 3.05) is 20.8 Å². The summed E-state index contributed by atoms with van der Waals surface area (Å²) in [5, 5.41) is 0. The van der Waals surface area contributed by atoms with Crippen molar-refractivity contribution in [3.8, 4) is 11.5 Å². The summed E-state index contributed by atoms with van der Waals surface area (Å²) in [5.74, 6) is -0.392. The van der Waals surface area contributed by atoms with Crippen molar-refractivity contribution in [1.29, 1.82) is 0 Å². The lowest BCUT2D eigenvalue weighted by atomic mass is 9.83. The minimum Gasteiger partial charge on any atom is -0.497 e. The second kappa shape index (κ2) is 9.70. The van der Waals surface area contributed by atoms with Crippen LogP contribution in [0.15, 0.2) is 46.6 Å². The number of fused-ring (bicyclic) bond motifs is 1. The van der Waals surface area contributed by atoms with Crippen LogP contribution in [0, 0.1) is 0 Å². The molecule has 33 heavy (non-hydrogen) atoms. The Balaban J connectivity index is 1.92. The minimum atomic E-state index is -0.731. The quantitative estimate of drug-likeness (QED) is 0.642. The number of benzene rings is 1. The molecule has 0 saturated carbocycles. The van der Waals surface area contributed by atoms with Crippen molar-refractivity contribution in [3.05, 3.63) is 69.0 Å². The van der Waals surface area contributed by atoms with Gasteiger partial charge in [0.25, 0.3) is 5.56 Å². The predicted octanol–water partition coefficient (Wildman–Crippen LogP) is 2.86. The summed E-state index contributed by atoms with van der Waals surface area (Å²) in [4.78, 5) is 26.7. The van der Waals surface area contributed by atoms with E-state index in [9.17, 15) is 9.59 Å². The highest BCUT2D eigenvalue weighted by atomic mass is 16.5. The van der Waals surface area contributed by atoms with E-state index in [1.54, 1.807) is 23.8 Å². The van der Waals surface area contributed by atoms with Crippen molar-refractivity contribution in [2.24, 2.45) is 5.73 Å². The highest BCUT2D eigenvalue weighted by molar-refractivity contribution is 5.92. The van der Waals surface area contributed by atoms with Gasteiger partial charge in [0, 0.05) is 18.4 Å². The average molecular weight is 455 g/mol. The van der Waals surface area contributed by atoms with Gasteiger partial charge in [0.1, 0.15) is 17.1 Å². The molecule has 2 aromatic rings. The third-order valence-corrected chi connectivity index (χ3v) is 6.22. The van der Waals surface area contributed by atoms with Crippen LogP contribution in [0.2, 0.25) is 0 Å². The van der Waals surface area contributed by atoms with Crippen LogP contribution in [0.3, 0.4) is 0 Å². The largest absolute Gasteiger partial charge is 0.497 e. The molecule has 3 heterocycles. The number of methoxy groups -OCH3 is 2. The third kappa shape index (κ3) is 4.35. The number of carbonyl (C=O) groups excluding carboxylic acids is 1. The maximum atomic E-state index is 14.0. The number of aromatic nitrogens is 1. The zero-order valence-electron chi connectivity index (χ0n) is 19.3. The molecule has 2 N–H and O–H groups in total. The lowest BCUT2D eigenvalue weighted by Gasteiger charge is -2.29. The standard InChI is InChI=1S/C25H30N2O6/c1-4-6-16-13-19-21(24(28)27(16)14-18-7-5-12-32-18)20(15-8-10-17(30-2)11-9-15)22(23(26)33-19)25(29)31-3/h8-11,13,18,20H,4-7,12,14,26H2,1-3H3. The van der Waals surface area contributed by atoms with Crippen LogP contribution in [0.5, 0.6) is 11.5 Å². The van der Waals surface area contributed by atoms with E-state index in [0.29, 0.717) is 42.2 Å². The molecule has 2 unspecified atom stereocenters. The van der Waals surface area contributed by atoms with Crippen LogP contribution in [0.4, 0.5) is 0 Å². The summed E-state index contributed by atoms with van der Waals surface area (Å²) in [6.07, 6.45) is 3.45. The van der Waals surface area contributed by atoms with Gasteiger partial charge in [0.2, 0.25) is 5.88 Å². The van der Waals surface area contributed by atoms with Crippen molar-refractivity contribution in [1.82, 2.24) is 4.57 Å². The van der Waals surface area contributed by atoms with Crippen LogP contribution in [-0.4, -0.2) is 37.5 Å². The Morgan fingerprint density at radius 3 is 2.61 bits per heavy atom. The van der Waals surface area contributed by atoms with Crippen LogP contribution in [-0.2, 0) is 27.2 Å². The molecule has 0 radical (unpaired) electrons. The Kier molecular flexibility index (Phi) is 6.74. The summed E-state index contributed by atoms with van der Waals surface area (Å²) in [6, 6.07) is 9.07. The third-order valence-electron chi connectivity index (χ3n) is 6.22. The predicted molar refractivity (Wildman–Crippen MR) is 122 cm³/mol. The molecule has 8 nitrogen and oxygen atoms in total. The lowest BCUT2D eigenvalue weighted by Crippen LogP contribution is -2.37. The number of carbonyl (C=O) groups is 1. The molecule has 4 rings (SSSR count). The van der Waals surface area contributed by atoms with Gasteiger partial charge in [-0.25, -0.2) is 4.79 Å². The fourth-order valence-corrected chi connectivity index (χ4v) is 4.61. The summed E-state index contributed by atoms with van der Waals surface area (Å²) < 4.78 is 23.7. The number of ether oxygens (including phenoxy) is 4. The summed E-state index contributed by atoms with van der Waals surface area (Å²) >= 11 is 0. The number of rotatable bonds is 7. The first kappa shape index (κ1) is 22.9. The van der Waals surface area contributed by atoms with E-state index >= 15 is 0 Å². The summed E-state index contributed by atoms with van der Waals surface area (Å²) in [5.41, 5.74) is 8.05. The Morgan fingerprint density at radius 1 is 1.24 bits per heavy atom. The van der Waals surface area contributed by atoms with Crippen LogP contribution in [0.1, 0.15) is 48.9 Å². The molecule has 0 bridgehead atoms. The summed E-state index contributed by atoms with van der Waals surface area (Å²) in [7, 11) is 2.86. The first-order chi connectivity index (χ1) is 16.0. The molecule has 0 aliphatic carbocycles. The van der Waals surface area contributed by atoms with E-state index in [1.807, 2.05) is 18.2 Å². The molecule has 0 amide bonds. The maximum Gasteiger partial charge on any atom is 0.340 e. The van der Waals surface area contributed by atoms with Crippen molar-refractivity contribution < 1.29 is 23.7 Å². The molecule has 0 spiro atoms. The molecule has 1 saturated heterocycles. The number of hydrogen-bond donors (Lipinski definition) is 1. The van der Waals surface area contributed by atoms with Gasteiger partial charge in [-0.2, -0.15) is 0 Å². The molecule has 1 fully saturated rings. The first-order valence-corrected chi connectivity index (χ1v) is 11.3. The first-order valence-electron chi connectivity index (χ1n) is 11.3. The van der Waals surface area contributed by atoms with Gasteiger partial charge in [-0.3, -0.25) is 4.79 Å². The Morgan fingerprint density at radius 2 is 2.00 bits per heavy atom. The van der Waals surface area contributed by atoms with Crippen LogP contribution < -0.4 is 20.8 Å². The monoisotopic (exact) mass is 454 g/mol. The zero-order valence-corrected chi connectivity index (χ0v) is 19.3. The normalized spacial score (nSPS) is 19.7. The van der Waals surface area contributed by atoms with E-state index in [2.05, 4.69) is 6.92 Å². The Labute approximate surface area is 192 Å². The van der Waals surface area contributed by atoms with Gasteiger partial charge in [-0.15, -0.1) is 0 Å². The molecule has 2 aliphatic rings. The number of nitrogens with two attached hydrogens (primary N) is 1. The van der Waals surface area contributed by atoms with Crippen molar-refractivity contribution in [2.45, 2.75) is 51.2 Å². The van der Waals surface area contributed by atoms with Gasteiger partial charge >= 0.3 is 5.97 Å². The molecule has 1 aromatic heterocycles. The van der Waals surface area contributed by atoms with Crippen molar-refractivity contribution in [3.63, 3.8) is 0 Å². The lowest BCUT2D eigenvalue weighted by molar-refractivity contribution is -0.136. The van der Waals surface area contributed by atoms with Crippen LogP contribution in [0.25, 0.3) is 0 Å².